The highest BCUT2D eigenvalue weighted by Gasteiger charge is 2.34. The number of carbonyl (C=O) groups excluding carboxylic acids is 1. The number of aryl methyl sites for hydroxylation is 1. The highest BCUT2D eigenvalue weighted by molar-refractivity contribution is 6.08. The summed E-state index contributed by atoms with van der Waals surface area (Å²) in [6.45, 7) is 1.63. The number of rotatable bonds is 8. The SMILES string of the molecule is Cc1cc(OC(F)F)c(CNC(=O)c2c(C)n(C(C)C3CCN(CC(F)(F)F)CC3)c3ccccc23)c(=O)[nH]1. The van der Waals surface area contributed by atoms with Gasteiger partial charge in [-0.25, -0.2) is 0 Å². The van der Waals surface area contributed by atoms with Crippen LogP contribution in [0.3, 0.4) is 0 Å². The Morgan fingerprint density at radius 1 is 1.18 bits per heavy atom. The van der Waals surface area contributed by atoms with Crippen molar-refractivity contribution in [3.05, 3.63) is 63.2 Å². The van der Waals surface area contributed by atoms with Gasteiger partial charge in [0, 0.05) is 34.4 Å². The number of aromatic nitrogens is 2. The number of carbonyl (C=O) groups is 1. The number of likely N-dealkylation sites (tertiary alicyclic amines) is 1. The van der Waals surface area contributed by atoms with Crippen LogP contribution in [0.2, 0.25) is 0 Å². The fourth-order valence-electron chi connectivity index (χ4n) is 5.57. The Balaban J connectivity index is 1.58. The van der Waals surface area contributed by atoms with Crippen LogP contribution in [0.1, 0.15) is 53.1 Å². The minimum Gasteiger partial charge on any atom is -0.434 e. The van der Waals surface area contributed by atoms with Crippen LogP contribution in [-0.2, 0) is 6.54 Å². The van der Waals surface area contributed by atoms with Crippen molar-refractivity contribution in [1.29, 1.82) is 0 Å². The van der Waals surface area contributed by atoms with E-state index in [1.807, 2.05) is 23.6 Å². The number of hydrogen-bond donors (Lipinski definition) is 2. The summed E-state index contributed by atoms with van der Waals surface area (Å²) in [6, 6.07) is 8.51. The Bertz CT molecular complexity index is 1390. The molecule has 0 saturated carbocycles. The molecule has 2 aromatic heterocycles. The van der Waals surface area contributed by atoms with E-state index in [9.17, 15) is 31.5 Å². The molecule has 0 bridgehead atoms. The zero-order chi connectivity index (χ0) is 28.5. The Kier molecular flexibility index (Phi) is 8.34. The van der Waals surface area contributed by atoms with Crippen molar-refractivity contribution >= 4 is 16.8 Å². The molecule has 212 valence electrons. The molecule has 1 fully saturated rings. The summed E-state index contributed by atoms with van der Waals surface area (Å²) in [5.41, 5.74) is 1.42. The molecule has 1 saturated heterocycles. The monoisotopic (exact) mass is 554 g/mol. The largest absolute Gasteiger partial charge is 0.434 e. The predicted octanol–water partition coefficient (Wildman–Crippen LogP) is 5.31. The van der Waals surface area contributed by atoms with Crippen LogP contribution in [-0.4, -0.2) is 52.8 Å². The number of benzene rings is 1. The van der Waals surface area contributed by atoms with Gasteiger partial charge in [-0.05, 0) is 58.7 Å². The van der Waals surface area contributed by atoms with Gasteiger partial charge in [-0.2, -0.15) is 22.0 Å². The fraction of sp³-hybridized carbons (Fsp3) is 0.481. The van der Waals surface area contributed by atoms with Gasteiger partial charge in [0.15, 0.2) is 0 Å². The number of amides is 1. The number of hydrogen-bond acceptors (Lipinski definition) is 4. The molecule has 1 aromatic carbocycles. The van der Waals surface area contributed by atoms with Gasteiger partial charge in [-0.1, -0.05) is 18.2 Å². The first-order chi connectivity index (χ1) is 18.4. The third-order valence-electron chi connectivity index (χ3n) is 7.38. The molecule has 0 spiro atoms. The minimum atomic E-state index is -4.23. The van der Waals surface area contributed by atoms with Crippen LogP contribution in [0.15, 0.2) is 35.1 Å². The summed E-state index contributed by atoms with van der Waals surface area (Å²) in [4.78, 5) is 29.8. The molecule has 4 rings (SSSR count). The summed E-state index contributed by atoms with van der Waals surface area (Å²) >= 11 is 0. The van der Waals surface area contributed by atoms with Crippen LogP contribution in [0.5, 0.6) is 5.75 Å². The first kappa shape index (κ1) is 28.6. The van der Waals surface area contributed by atoms with Crippen LogP contribution in [0.25, 0.3) is 10.9 Å². The number of para-hydroxylation sites is 1. The lowest BCUT2D eigenvalue weighted by Crippen LogP contribution is -2.41. The average molecular weight is 555 g/mol. The van der Waals surface area contributed by atoms with Crippen LogP contribution >= 0.6 is 0 Å². The van der Waals surface area contributed by atoms with Gasteiger partial charge < -0.3 is 19.6 Å². The maximum atomic E-state index is 13.4. The van der Waals surface area contributed by atoms with E-state index in [1.165, 1.54) is 17.9 Å². The van der Waals surface area contributed by atoms with E-state index >= 15 is 0 Å². The molecule has 1 aliphatic heterocycles. The van der Waals surface area contributed by atoms with Gasteiger partial charge >= 0.3 is 12.8 Å². The van der Waals surface area contributed by atoms with Gasteiger partial charge in [0.25, 0.3) is 11.5 Å². The van der Waals surface area contributed by atoms with E-state index in [4.69, 9.17) is 0 Å². The van der Waals surface area contributed by atoms with E-state index in [0.717, 1.165) is 5.52 Å². The molecule has 1 aliphatic rings. The van der Waals surface area contributed by atoms with Gasteiger partial charge in [0.1, 0.15) is 5.75 Å². The Labute approximate surface area is 221 Å². The zero-order valence-corrected chi connectivity index (χ0v) is 21.9. The summed E-state index contributed by atoms with van der Waals surface area (Å²) in [6.07, 6.45) is -3.05. The standard InChI is InChI=1S/C27H31F5N4O3/c1-15-12-22(39-26(28)29)20(24(37)34-15)13-33-25(38)23-17(3)36(21-7-5-4-6-19(21)23)16(2)18-8-10-35(11-9-18)14-27(30,31)32/h4-7,12,16,18,26H,8-11,13-14H2,1-3H3,(H,33,38)(H,34,37). The molecule has 12 heteroatoms. The second-order valence-electron chi connectivity index (χ2n) is 10.0. The topological polar surface area (TPSA) is 79.4 Å². The third kappa shape index (κ3) is 6.43. The molecular formula is C27H31F5N4O3. The lowest BCUT2D eigenvalue weighted by molar-refractivity contribution is -0.149. The van der Waals surface area contributed by atoms with Gasteiger partial charge in [-0.15, -0.1) is 0 Å². The van der Waals surface area contributed by atoms with Crippen molar-refractivity contribution in [3.8, 4) is 5.75 Å². The normalized spacial score (nSPS) is 16.1. The lowest BCUT2D eigenvalue weighted by atomic mass is 9.90. The maximum Gasteiger partial charge on any atom is 0.401 e. The van der Waals surface area contributed by atoms with E-state index in [1.54, 1.807) is 19.1 Å². The van der Waals surface area contributed by atoms with Crippen LogP contribution in [0.4, 0.5) is 22.0 Å². The smallest absolute Gasteiger partial charge is 0.401 e. The summed E-state index contributed by atoms with van der Waals surface area (Å²) in [5, 5.41) is 3.35. The summed E-state index contributed by atoms with van der Waals surface area (Å²) in [5.74, 6) is -0.686. The molecule has 1 unspecified atom stereocenters. The molecule has 1 amide bonds. The van der Waals surface area contributed by atoms with E-state index in [0.29, 0.717) is 48.3 Å². The quantitative estimate of drug-likeness (QED) is 0.370. The third-order valence-corrected chi connectivity index (χ3v) is 7.38. The van der Waals surface area contributed by atoms with Gasteiger partial charge in [0.05, 0.1) is 24.2 Å². The van der Waals surface area contributed by atoms with E-state index < -0.39 is 30.8 Å². The van der Waals surface area contributed by atoms with Crippen LogP contribution in [0, 0.1) is 19.8 Å². The number of nitrogens with one attached hydrogen (secondary N) is 2. The summed E-state index contributed by atoms with van der Waals surface area (Å²) < 4.78 is 70.8. The number of fused-ring (bicyclic) bond motifs is 1. The van der Waals surface area contributed by atoms with E-state index in [-0.39, 0.29) is 29.8 Å². The number of halogens is 5. The molecular weight excluding hydrogens is 523 g/mol. The predicted molar refractivity (Wildman–Crippen MR) is 136 cm³/mol. The highest BCUT2D eigenvalue weighted by Crippen LogP contribution is 2.36. The summed E-state index contributed by atoms with van der Waals surface area (Å²) in [7, 11) is 0. The first-order valence-corrected chi connectivity index (χ1v) is 12.7. The minimum absolute atomic E-state index is 0.0875. The molecule has 1 atom stereocenters. The first-order valence-electron chi connectivity index (χ1n) is 12.7. The molecule has 39 heavy (non-hydrogen) atoms. The number of piperidine rings is 1. The highest BCUT2D eigenvalue weighted by atomic mass is 19.4. The van der Waals surface area contributed by atoms with Crippen LogP contribution < -0.4 is 15.6 Å². The van der Waals surface area contributed by atoms with Gasteiger partial charge in [-0.3, -0.25) is 14.5 Å². The number of ether oxygens (including phenoxy) is 1. The van der Waals surface area contributed by atoms with Crippen molar-refractivity contribution < 1.29 is 31.5 Å². The van der Waals surface area contributed by atoms with Crippen molar-refractivity contribution in [2.75, 3.05) is 19.6 Å². The fourth-order valence-corrected chi connectivity index (χ4v) is 5.57. The maximum absolute atomic E-state index is 13.4. The number of nitrogens with zero attached hydrogens (tertiary/aromatic N) is 2. The van der Waals surface area contributed by atoms with Crippen molar-refractivity contribution in [3.63, 3.8) is 0 Å². The van der Waals surface area contributed by atoms with Crippen molar-refractivity contribution in [2.45, 2.75) is 59.0 Å². The number of alkyl halides is 5. The lowest BCUT2D eigenvalue weighted by Gasteiger charge is -2.36. The average Bonchev–Trinajstić information content (AvgIpc) is 3.13. The Morgan fingerprint density at radius 2 is 1.85 bits per heavy atom. The Morgan fingerprint density at radius 3 is 2.49 bits per heavy atom. The molecule has 0 aliphatic carbocycles. The molecule has 7 nitrogen and oxygen atoms in total. The van der Waals surface area contributed by atoms with Crippen molar-refractivity contribution in [2.24, 2.45) is 5.92 Å². The molecule has 3 heterocycles. The van der Waals surface area contributed by atoms with Crippen molar-refractivity contribution in [1.82, 2.24) is 19.8 Å². The zero-order valence-electron chi connectivity index (χ0n) is 21.9. The molecule has 3 aromatic rings. The van der Waals surface area contributed by atoms with E-state index in [2.05, 4.69) is 15.0 Å². The second kappa shape index (κ2) is 11.4. The second-order valence-corrected chi connectivity index (χ2v) is 10.0. The van der Waals surface area contributed by atoms with Gasteiger partial charge in [0.2, 0.25) is 0 Å². The number of H-pyrrole nitrogens is 1. The molecule has 0 radical (unpaired) electrons. The number of pyridine rings is 1. The number of aromatic amines is 1. The Hall–Kier alpha value is -3.41. The molecule has 2 N–H and O–H groups in total.